The summed E-state index contributed by atoms with van der Waals surface area (Å²) < 4.78 is 0. The van der Waals surface area contributed by atoms with Gasteiger partial charge < -0.3 is 5.32 Å². The summed E-state index contributed by atoms with van der Waals surface area (Å²) in [6.07, 6.45) is 1.98. The highest BCUT2D eigenvalue weighted by atomic mass is 35.5. The molecule has 3 amide bonds. The first-order valence-corrected chi connectivity index (χ1v) is 4.81. The zero-order valence-corrected chi connectivity index (χ0v) is 8.23. The summed E-state index contributed by atoms with van der Waals surface area (Å²) in [5.41, 5.74) is 0. The first-order chi connectivity index (χ1) is 6.11. The van der Waals surface area contributed by atoms with Crippen LogP contribution in [-0.4, -0.2) is 23.9 Å². The van der Waals surface area contributed by atoms with E-state index in [0.717, 1.165) is 12.8 Å². The predicted octanol–water partition coefficient (Wildman–Crippen LogP) is 0.849. The molecule has 0 aromatic carbocycles. The highest BCUT2D eigenvalue weighted by molar-refractivity contribution is 6.28. The van der Waals surface area contributed by atoms with Crippen molar-refractivity contribution in [3.8, 4) is 0 Å². The standard InChI is InChI=1S/C8H13ClN2O2/c1-5-2-6(3-5)10-8(13)11-7(12)4-9/h5-6H,2-4H2,1H3,(H2,10,11,12,13). The summed E-state index contributed by atoms with van der Waals surface area (Å²) in [5.74, 6) is 0.0228. The molecule has 0 saturated heterocycles. The van der Waals surface area contributed by atoms with Crippen LogP contribution < -0.4 is 10.6 Å². The molecule has 5 heteroatoms. The van der Waals surface area contributed by atoms with Gasteiger partial charge in [-0.1, -0.05) is 6.92 Å². The molecule has 1 aliphatic rings. The molecule has 74 valence electrons. The van der Waals surface area contributed by atoms with Crippen LogP contribution >= 0.6 is 11.6 Å². The minimum absolute atomic E-state index is 0.186. The maximum absolute atomic E-state index is 11.0. The highest BCUT2D eigenvalue weighted by Gasteiger charge is 2.26. The molecule has 0 aliphatic heterocycles. The summed E-state index contributed by atoms with van der Waals surface area (Å²) in [4.78, 5) is 21.7. The highest BCUT2D eigenvalue weighted by Crippen LogP contribution is 2.25. The van der Waals surface area contributed by atoms with Gasteiger partial charge in [-0.15, -0.1) is 11.6 Å². The number of carbonyl (C=O) groups excluding carboxylic acids is 2. The van der Waals surface area contributed by atoms with Gasteiger partial charge in [0.2, 0.25) is 5.91 Å². The van der Waals surface area contributed by atoms with Crippen LogP contribution in [0.2, 0.25) is 0 Å². The van der Waals surface area contributed by atoms with Crippen LogP contribution in [0.3, 0.4) is 0 Å². The first-order valence-electron chi connectivity index (χ1n) is 4.28. The molecule has 4 nitrogen and oxygen atoms in total. The summed E-state index contributed by atoms with van der Waals surface area (Å²) in [5, 5.41) is 4.81. The quantitative estimate of drug-likeness (QED) is 0.656. The third kappa shape index (κ3) is 3.22. The van der Waals surface area contributed by atoms with Crippen molar-refractivity contribution in [3.63, 3.8) is 0 Å². The van der Waals surface area contributed by atoms with E-state index in [0.29, 0.717) is 5.92 Å². The minimum atomic E-state index is -0.466. The summed E-state index contributed by atoms with van der Waals surface area (Å²) in [6.45, 7) is 2.13. The van der Waals surface area contributed by atoms with Crippen molar-refractivity contribution < 1.29 is 9.59 Å². The predicted molar refractivity (Wildman–Crippen MR) is 49.6 cm³/mol. The molecule has 2 N–H and O–H groups in total. The van der Waals surface area contributed by atoms with Crippen molar-refractivity contribution in [3.05, 3.63) is 0 Å². The lowest BCUT2D eigenvalue weighted by molar-refractivity contribution is -0.117. The molecular formula is C8H13ClN2O2. The zero-order valence-electron chi connectivity index (χ0n) is 7.47. The molecule has 0 heterocycles. The van der Waals surface area contributed by atoms with Gasteiger partial charge in [0, 0.05) is 6.04 Å². The van der Waals surface area contributed by atoms with E-state index in [1.54, 1.807) is 0 Å². The topological polar surface area (TPSA) is 58.2 Å². The molecule has 1 aliphatic carbocycles. The molecule has 1 rings (SSSR count). The van der Waals surface area contributed by atoms with Crippen LogP contribution in [0.15, 0.2) is 0 Å². The number of alkyl halides is 1. The number of halogens is 1. The Morgan fingerprint density at radius 2 is 2.08 bits per heavy atom. The summed E-state index contributed by atoms with van der Waals surface area (Å²) in [7, 11) is 0. The minimum Gasteiger partial charge on any atom is -0.335 e. The molecule has 1 saturated carbocycles. The Morgan fingerprint density at radius 1 is 1.46 bits per heavy atom. The molecule has 0 bridgehead atoms. The third-order valence-corrected chi connectivity index (χ3v) is 2.33. The van der Waals surface area contributed by atoms with Crippen LogP contribution in [0.5, 0.6) is 0 Å². The van der Waals surface area contributed by atoms with Gasteiger partial charge in [-0.05, 0) is 18.8 Å². The normalized spacial score (nSPS) is 26.0. The van der Waals surface area contributed by atoms with E-state index in [2.05, 4.69) is 17.6 Å². The smallest absolute Gasteiger partial charge is 0.321 e. The van der Waals surface area contributed by atoms with Gasteiger partial charge in [0.1, 0.15) is 5.88 Å². The number of nitrogens with one attached hydrogen (secondary N) is 2. The Morgan fingerprint density at radius 3 is 2.54 bits per heavy atom. The summed E-state index contributed by atoms with van der Waals surface area (Å²) in [6, 6.07) is -0.222. The van der Waals surface area contributed by atoms with E-state index in [9.17, 15) is 9.59 Å². The number of rotatable bonds is 2. The molecule has 1 fully saturated rings. The van der Waals surface area contributed by atoms with Crippen LogP contribution in [0.1, 0.15) is 19.8 Å². The first kappa shape index (κ1) is 10.3. The number of hydrogen-bond donors (Lipinski definition) is 2. The van der Waals surface area contributed by atoms with Gasteiger partial charge >= 0.3 is 6.03 Å². The fraction of sp³-hybridized carbons (Fsp3) is 0.750. The van der Waals surface area contributed by atoms with E-state index < -0.39 is 11.9 Å². The molecule has 13 heavy (non-hydrogen) atoms. The van der Waals surface area contributed by atoms with Crippen molar-refractivity contribution in [2.45, 2.75) is 25.8 Å². The Kier molecular flexibility index (Phi) is 3.54. The Bertz CT molecular complexity index is 214. The average molecular weight is 205 g/mol. The SMILES string of the molecule is CC1CC(NC(=O)NC(=O)CCl)C1. The van der Waals surface area contributed by atoms with E-state index in [-0.39, 0.29) is 11.9 Å². The van der Waals surface area contributed by atoms with Crippen LogP contribution in [0, 0.1) is 5.92 Å². The van der Waals surface area contributed by atoms with E-state index in [1.807, 2.05) is 0 Å². The van der Waals surface area contributed by atoms with E-state index >= 15 is 0 Å². The van der Waals surface area contributed by atoms with Crippen LogP contribution in [0.4, 0.5) is 4.79 Å². The van der Waals surface area contributed by atoms with Gasteiger partial charge in [-0.3, -0.25) is 10.1 Å². The number of amides is 3. The lowest BCUT2D eigenvalue weighted by Crippen LogP contribution is -2.49. The van der Waals surface area contributed by atoms with Crippen molar-refractivity contribution in [1.29, 1.82) is 0 Å². The molecule has 0 aromatic heterocycles. The van der Waals surface area contributed by atoms with Gasteiger partial charge in [0.25, 0.3) is 0 Å². The van der Waals surface area contributed by atoms with Gasteiger partial charge in [0.15, 0.2) is 0 Å². The second kappa shape index (κ2) is 4.46. The second-order valence-corrected chi connectivity index (χ2v) is 3.70. The Labute approximate surface area is 82.0 Å². The lowest BCUT2D eigenvalue weighted by atomic mass is 9.82. The number of imide groups is 1. The Balaban J connectivity index is 2.15. The molecular weight excluding hydrogens is 192 g/mol. The number of urea groups is 1. The molecule has 0 radical (unpaired) electrons. The van der Waals surface area contributed by atoms with Gasteiger partial charge in [-0.2, -0.15) is 0 Å². The molecule has 0 atom stereocenters. The molecule has 0 spiro atoms. The fourth-order valence-corrected chi connectivity index (χ4v) is 1.47. The van der Waals surface area contributed by atoms with Crippen molar-refractivity contribution >= 4 is 23.5 Å². The van der Waals surface area contributed by atoms with Crippen LogP contribution in [0.25, 0.3) is 0 Å². The van der Waals surface area contributed by atoms with Crippen molar-refractivity contribution in [2.75, 3.05) is 5.88 Å². The van der Waals surface area contributed by atoms with Gasteiger partial charge in [-0.25, -0.2) is 4.79 Å². The van der Waals surface area contributed by atoms with Crippen molar-refractivity contribution in [2.24, 2.45) is 5.92 Å². The average Bonchev–Trinajstić information content (AvgIpc) is 2.01. The second-order valence-electron chi connectivity index (χ2n) is 3.43. The Hall–Kier alpha value is -0.770. The maximum atomic E-state index is 11.0. The molecule has 0 unspecified atom stereocenters. The summed E-state index contributed by atoms with van der Waals surface area (Å²) >= 11 is 5.21. The lowest BCUT2D eigenvalue weighted by Gasteiger charge is -2.32. The fourth-order valence-electron chi connectivity index (χ4n) is 1.40. The van der Waals surface area contributed by atoms with E-state index in [4.69, 9.17) is 11.6 Å². The van der Waals surface area contributed by atoms with Crippen molar-refractivity contribution in [1.82, 2.24) is 10.6 Å². The van der Waals surface area contributed by atoms with E-state index in [1.165, 1.54) is 0 Å². The maximum Gasteiger partial charge on any atom is 0.321 e. The number of carbonyl (C=O) groups is 2. The third-order valence-electron chi connectivity index (χ3n) is 2.08. The largest absolute Gasteiger partial charge is 0.335 e. The monoisotopic (exact) mass is 204 g/mol. The number of hydrogen-bond acceptors (Lipinski definition) is 2. The zero-order chi connectivity index (χ0) is 9.84. The van der Waals surface area contributed by atoms with Crippen LogP contribution in [-0.2, 0) is 4.79 Å². The van der Waals surface area contributed by atoms with Gasteiger partial charge in [0.05, 0.1) is 0 Å². The molecule has 0 aromatic rings.